The van der Waals surface area contributed by atoms with Crippen molar-refractivity contribution in [2.45, 2.75) is 44.7 Å². The summed E-state index contributed by atoms with van der Waals surface area (Å²) < 4.78 is 0.936. The molecule has 1 amide bonds. The molecule has 0 aliphatic carbocycles. The lowest BCUT2D eigenvalue weighted by molar-refractivity contribution is -0.131. The average molecular weight is 345 g/mol. The van der Waals surface area contributed by atoms with E-state index >= 15 is 0 Å². The standard InChI is InChI=1S/C14H21BrN2OS/c1-9(2)17(10(3)4)14(18)8-19-13-6-5-11(16)7-12(13)15/h5-7,9-10H,8,16H2,1-4H3. The lowest BCUT2D eigenvalue weighted by atomic mass is 10.2. The highest BCUT2D eigenvalue weighted by molar-refractivity contribution is 9.10. The SMILES string of the molecule is CC(C)N(C(=O)CSc1ccc(N)cc1Br)C(C)C. The number of nitrogens with two attached hydrogens (primary N) is 1. The smallest absolute Gasteiger partial charge is 0.233 e. The molecule has 0 bridgehead atoms. The second kappa shape index (κ2) is 7.20. The van der Waals surface area contributed by atoms with Crippen LogP contribution in [0.4, 0.5) is 5.69 Å². The molecule has 2 N–H and O–H groups in total. The number of benzene rings is 1. The first-order chi connectivity index (χ1) is 8.82. The Bertz CT molecular complexity index is 441. The molecule has 0 aliphatic heterocycles. The summed E-state index contributed by atoms with van der Waals surface area (Å²) in [4.78, 5) is 15.2. The molecule has 0 saturated carbocycles. The van der Waals surface area contributed by atoms with Crippen molar-refractivity contribution in [3.05, 3.63) is 22.7 Å². The van der Waals surface area contributed by atoms with E-state index < -0.39 is 0 Å². The molecule has 0 unspecified atom stereocenters. The fraction of sp³-hybridized carbons (Fsp3) is 0.500. The molecular formula is C14H21BrN2OS. The van der Waals surface area contributed by atoms with E-state index in [1.165, 1.54) is 11.8 Å². The lowest BCUT2D eigenvalue weighted by Crippen LogP contribution is -2.43. The van der Waals surface area contributed by atoms with Crippen LogP contribution in [0.15, 0.2) is 27.6 Å². The Balaban J connectivity index is 2.67. The summed E-state index contributed by atoms with van der Waals surface area (Å²) in [5.41, 5.74) is 6.41. The van der Waals surface area contributed by atoms with Gasteiger partial charge in [-0.2, -0.15) is 0 Å². The summed E-state index contributed by atoms with van der Waals surface area (Å²) in [7, 11) is 0. The zero-order valence-corrected chi connectivity index (χ0v) is 14.2. The van der Waals surface area contributed by atoms with Gasteiger partial charge in [-0.3, -0.25) is 4.79 Å². The molecule has 106 valence electrons. The number of rotatable bonds is 5. The molecule has 19 heavy (non-hydrogen) atoms. The number of anilines is 1. The van der Waals surface area contributed by atoms with Crippen LogP contribution >= 0.6 is 27.7 Å². The van der Waals surface area contributed by atoms with Crippen LogP contribution in [0.2, 0.25) is 0 Å². The largest absolute Gasteiger partial charge is 0.399 e. The van der Waals surface area contributed by atoms with Gasteiger partial charge in [0.05, 0.1) is 5.75 Å². The van der Waals surface area contributed by atoms with Gasteiger partial charge < -0.3 is 10.6 Å². The van der Waals surface area contributed by atoms with E-state index in [4.69, 9.17) is 5.73 Å². The van der Waals surface area contributed by atoms with Crippen molar-refractivity contribution >= 4 is 39.3 Å². The second-order valence-corrected chi connectivity index (χ2v) is 6.84. The Morgan fingerprint density at radius 3 is 2.37 bits per heavy atom. The summed E-state index contributed by atoms with van der Waals surface area (Å²) in [6, 6.07) is 6.09. The quantitative estimate of drug-likeness (QED) is 0.653. The molecule has 3 nitrogen and oxygen atoms in total. The molecule has 1 rings (SSSR count). The minimum Gasteiger partial charge on any atom is -0.399 e. The summed E-state index contributed by atoms with van der Waals surface area (Å²) in [5, 5.41) is 0. The van der Waals surface area contributed by atoms with Crippen molar-refractivity contribution < 1.29 is 4.79 Å². The number of nitrogen functional groups attached to an aromatic ring is 1. The number of hydrogen-bond donors (Lipinski definition) is 1. The minimum absolute atomic E-state index is 0.165. The first-order valence-electron chi connectivity index (χ1n) is 6.32. The minimum atomic E-state index is 0.165. The summed E-state index contributed by atoms with van der Waals surface area (Å²) in [6.45, 7) is 8.17. The molecule has 5 heteroatoms. The highest BCUT2D eigenvalue weighted by Crippen LogP contribution is 2.29. The summed E-state index contributed by atoms with van der Waals surface area (Å²) in [6.07, 6.45) is 0. The first kappa shape index (κ1) is 16.4. The molecule has 0 atom stereocenters. The molecule has 0 heterocycles. The van der Waals surface area contributed by atoms with Gasteiger partial charge in [-0.15, -0.1) is 11.8 Å². The van der Waals surface area contributed by atoms with Crippen LogP contribution in [0.25, 0.3) is 0 Å². The molecule has 0 aromatic heterocycles. The Labute approximate surface area is 128 Å². The third-order valence-electron chi connectivity index (χ3n) is 2.71. The van der Waals surface area contributed by atoms with E-state index in [9.17, 15) is 4.79 Å². The van der Waals surface area contributed by atoms with E-state index in [1.54, 1.807) is 0 Å². The van der Waals surface area contributed by atoms with Gasteiger partial charge in [0.25, 0.3) is 0 Å². The number of nitrogens with zero attached hydrogens (tertiary/aromatic N) is 1. The lowest BCUT2D eigenvalue weighted by Gasteiger charge is -2.30. The van der Waals surface area contributed by atoms with Gasteiger partial charge in [0.15, 0.2) is 0 Å². The summed E-state index contributed by atoms with van der Waals surface area (Å²) >= 11 is 5.00. The predicted molar refractivity (Wildman–Crippen MR) is 86.4 cm³/mol. The van der Waals surface area contributed by atoms with Gasteiger partial charge in [-0.25, -0.2) is 0 Å². The van der Waals surface area contributed by atoms with Gasteiger partial charge in [0.1, 0.15) is 0 Å². The van der Waals surface area contributed by atoms with Crippen LogP contribution in [-0.2, 0) is 4.79 Å². The number of thioether (sulfide) groups is 1. The van der Waals surface area contributed by atoms with Gasteiger partial charge >= 0.3 is 0 Å². The molecule has 0 radical (unpaired) electrons. The highest BCUT2D eigenvalue weighted by Gasteiger charge is 2.20. The van der Waals surface area contributed by atoms with Crippen LogP contribution in [0.3, 0.4) is 0 Å². The molecule has 1 aromatic carbocycles. The van der Waals surface area contributed by atoms with Crippen molar-refractivity contribution in [1.29, 1.82) is 0 Å². The molecule has 0 spiro atoms. The second-order valence-electron chi connectivity index (χ2n) is 4.97. The Morgan fingerprint density at radius 2 is 1.89 bits per heavy atom. The maximum atomic E-state index is 12.2. The first-order valence-corrected chi connectivity index (χ1v) is 8.09. The monoisotopic (exact) mass is 344 g/mol. The third-order valence-corrected chi connectivity index (χ3v) is 4.68. The van der Waals surface area contributed by atoms with Crippen LogP contribution in [0.5, 0.6) is 0 Å². The number of carbonyl (C=O) groups is 1. The number of hydrogen-bond acceptors (Lipinski definition) is 3. The normalized spacial score (nSPS) is 11.1. The van der Waals surface area contributed by atoms with E-state index in [-0.39, 0.29) is 18.0 Å². The number of amides is 1. The zero-order valence-electron chi connectivity index (χ0n) is 11.8. The number of halogens is 1. The van der Waals surface area contributed by atoms with E-state index in [1.807, 2.05) is 50.8 Å². The van der Waals surface area contributed by atoms with Crippen LogP contribution in [-0.4, -0.2) is 28.6 Å². The Hall–Kier alpha value is -0.680. The predicted octanol–water partition coefficient (Wildman–Crippen LogP) is 3.77. The van der Waals surface area contributed by atoms with Crippen LogP contribution in [0, 0.1) is 0 Å². The van der Waals surface area contributed by atoms with Crippen molar-refractivity contribution in [3.63, 3.8) is 0 Å². The fourth-order valence-electron chi connectivity index (χ4n) is 2.02. The van der Waals surface area contributed by atoms with Crippen molar-refractivity contribution in [3.8, 4) is 0 Å². The van der Waals surface area contributed by atoms with Gasteiger partial charge in [0, 0.05) is 27.1 Å². The van der Waals surface area contributed by atoms with Gasteiger partial charge in [-0.1, -0.05) is 0 Å². The van der Waals surface area contributed by atoms with Crippen molar-refractivity contribution in [2.75, 3.05) is 11.5 Å². The zero-order chi connectivity index (χ0) is 14.6. The van der Waals surface area contributed by atoms with Gasteiger partial charge in [0.2, 0.25) is 5.91 Å². The molecule has 0 saturated heterocycles. The van der Waals surface area contributed by atoms with E-state index in [0.717, 1.165) is 9.37 Å². The highest BCUT2D eigenvalue weighted by atomic mass is 79.9. The van der Waals surface area contributed by atoms with E-state index in [0.29, 0.717) is 11.4 Å². The van der Waals surface area contributed by atoms with Crippen molar-refractivity contribution in [2.24, 2.45) is 0 Å². The molecular weight excluding hydrogens is 324 g/mol. The Kier molecular flexibility index (Phi) is 6.20. The van der Waals surface area contributed by atoms with Crippen LogP contribution < -0.4 is 5.73 Å². The molecule has 1 aromatic rings. The maximum absolute atomic E-state index is 12.2. The van der Waals surface area contributed by atoms with Gasteiger partial charge in [-0.05, 0) is 61.8 Å². The molecule has 0 aliphatic rings. The molecule has 0 fully saturated rings. The topological polar surface area (TPSA) is 46.3 Å². The summed E-state index contributed by atoms with van der Waals surface area (Å²) in [5.74, 6) is 0.609. The van der Waals surface area contributed by atoms with Crippen molar-refractivity contribution in [1.82, 2.24) is 4.90 Å². The van der Waals surface area contributed by atoms with E-state index in [2.05, 4.69) is 15.9 Å². The van der Waals surface area contributed by atoms with Crippen LogP contribution in [0.1, 0.15) is 27.7 Å². The fourth-order valence-corrected chi connectivity index (χ4v) is 3.55. The number of carbonyl (C=O) groups excluding carboxylic acids is 1. The average Bonchev–Trinajstić information content (AvgIpc) is 2.26. The third kappa shape index (κ3) is 4.73. The Morgan fingerprint density at radius 1 is 1.32 bits per heavy atom. The maximum Gasteiger partial charge on any atom is 0.233 e.